The van der Waals surface area contributed by atoms with Gasteiger partial charge in [-0.25, -0.2) is 0 Å². The molecular weight excluding hydrogens is 368 g/mol. The number of hydrazone groups is 1. The van der Waals surface area contributed by atoms with E-state index in [1.165, 1.54) is 16.8 Å². The third-order valence-corrected chi connectivity index (χ3v) is 4.88. The highest BCUT2D eigenvalue weighted by Gasteiger charge is 2.32. The molecule has 0 aliphatic carbocycles. The number of nitrogens with zero attached hydrogens (tertiary/aromatic N) is 2. The van der Waals surface area contributed by atoms with Crippen molar-refractivity contribution in [3.05, 3.63) is 64.6 Å². The number of carbonyl (C=O) groups is 1. The highest BCUT2D eigenvalue weighted by atomic mass is 32.2. The van der Waals surface area contributed by atoms with Crippen molar-refractivity contribution in [3.63, 3.8) is 0 Å². The average Bonchev–Trinajstić information content (AvgIpc) is 2.93. The molecule has 0 aromatic heterocycles. The third-order valence-electron chi connectivity index (χ3n) is 3.60. The van der Waals surface area contributed by atoms with Crippen LogP contribution in [-0.2, 0) is 4.79 Å². The van der Waals surface area contributed by atoms with Crippen LogP contribution in [0.1, 0.15) is 11.1 Å². The number of rotatable bonds is 5. The Morgan fingerprint density at radius 3 is 2.46 bits per heavy atom. The lowest BCUT2D eigenvalue weighted by molar-refractivity contribution is -0.122. The van der Waals surface area contributed by atoms with E-state index < -0.39 is 0 Å². The molecule has 0 saturated carbocycles. The Hall–Kier alpha value is -2.64. The lowest BCUT2D eigenvalue weighted by Crippen LogP contribution is -2.22. The number of thiocarbonyl (C=S) groups is 1. The van der Waals surface area contributed by atoms with E-state index in [4.69, 9.17) is 21.7 Å². The molecule has 1 heterocycles. The summed E-state index contributed by atoms with van der Waals surface area (Å²) in [7, 11) is 3.15. The summed E-state index contributed by atoms with van der Waals surface area (Å²) in [4.78, 5) is 13.1. The summed E-state index contributed by atoms with van der Waals surface area (Å²) < 4.78 is 10.9. The van der Waals surface area contributed by atoms with Crippen LogP contribution < -0.4 is 9.47 Å². The van der Waals surface area contributed by atoms with Crippen molar-refractivity contribution in [2.45, 2.75) is 0 Å². The van der Waals surface area contributed by atoms with Gasteiger partial charge in [0.2, 0.25) is 0 Å². The van der Waals surface area contributed by atoms with Gasteiger partial charge in [0.15, 0.2) is 15.8 Å². The highest BCUT2D eigenvalue weighted by Crippen LogP contribution is 2.34. The molecule has 2 aromatic carbocycles. The van der Waals surface area contributed by atoms with Gasteiger partial charge in [-0.05, 0) is 41.6 Å². The number of hydrogen-bond acceptors (Lipinski definition) is 6. The van der Waals surface area contributed by atoms with Crippen LogP contribution in [0.25, 0.3) is 6.08 Å². The third kappa shape index (κ3) is 3.95. The number of carbonyl (C=O) groups excluding carboxylic acids is 1. The van der Waals surface area contributed by atoms with Crippen LogP contribution in [0.5, 0.6) is 11.5 Å². The lowest BCUT2D eigenvalue weighted by atomic mass is 10.2. The molecule has 1 amide bonds. The zero-order chi connectivity index (χ0) is 18.5. The Labute approximate surface area is 161 Å². The fraction of sp³-hybridized carbons (Fsp3) is 0.105. The molecule has 26 heavy (non-hydrogen) atoms. The van der Waals surface area contributed by atoms with Crippen LogP contribution in [0.15, 0.2) is 58.5 Å². The summed E-state index contributed by atoms with van der Waals surface area (Å²) in [6, 6.07) is 15.0. The van der Waals surface area contributed by atoms with Crippen LogP contribution in [0.4, 0.5) is 0 Å². The molecule has 3 rings (SSSR count). The maximum atomic E-state index is 12.6. The smallest absolute Gasteiger partial charge is 0.286 e. The van der Waals surface area contributed by atoms with Gasteiger partial charge >= 0.3 is 0 Å². The van der Waals surface area contributed by atoms with Crippen molar-refractivity contribution < 1.29 is 14.3 Å². The molecule has 0 spiro atoms. The standard InChI is InChI=1S/C19H16N2O3S2/c1-23-15-9-8-14(10-16(15)24-2)11-17-18(22)21(19(25)26-17)20-12-13-6-4-3-5-7-13/h3-12H,1-2H3/b17-11+,20-12+. The average molecular weight is 384 g/mol. The second-order valence-electron chi connectivity index (χ2n) is 5.26. The molecule has 132 valence electrons. The van der Waals surface area contributed by atoms with E-state index in [0.717, 1.165) is 11.1 Å². The first-order valence-corrected chi connectivity index (χ1v) is 8.94. The summed E-state index contributed by atoms with van der Waals surface area (Å²) in [5.74, 6) is 0.977. The Morgan fingerprint density at radius 1 is 1.04 bits per heavy atom. The molecule has 1 saturated heterocycles. The number of amides is 1. The molecule has 0 atom stereocenters. The summed E-state index contributed by atoms with van der Waals surface area (Å²) in [5.41, 5.74) is 1.71. The van der Waals surface area contributed by atoms with Crippen LogP contribution in [0, 0.1) is 0 Å². The van der Waals surface area contributed by atoms with Gasteiger partial charge < -0.3 is 9.47 Å². The van der Waals surface area contributed by atoms with E-state index in [2.05, 4.69) is 5.10 Å². The topological polar surface area (TPSA) is 51.1 Å². The molecule has 1 aliphatic rings. The van der Waals surface area contributed by atoms with Crippen molar-refractivity contribution in [1.82, 2.24) is 5.01 Å². The molecule has 0 radical (unpaired) electrons. The minimum Gasteiger partial charge on any atom is -0.493 e. The van der Waals surface area contributed by atoms with E-state index in [-0.39, 0.29) is 5.91 Å². The van der Waals surface area contributed by atoms with Gasteiger partial charge in [0.05, 0.1) is 25.3 Å². The molecule has 7 heteroatoms. The SMILES string of the molecule is COc1ccc(/C=C2/SC(=S)N(/N=C/c3ccccc3)C2=O)cc1OC. The lowest BCUT2D eigenvalue weighted by Gasteiger charge is -2.08. The van der Waals surface area contributed by atoms with Gasteiger partial charge in [-0.1, -0.05) is 48.2 Å². The van der Waals surface area contributed by atoms with Crippen molar-refractivity contribution in [3.8, 4) is 11.5 Å². The summed E-state index contributed by atoms with van der Waals surface area (Å²) >= 11 is 6.50. The fourth-order valence-electron chi connectivity index (χ4n) is 2.32. The van der Waals surface area contributed by atoms with Crippen molar-refractivity contribution in [1.29, 1.82) is 0 Å². The maximum Gasteiger partial charge on any atom is 0.286 e. The van der Waals surface area contributed by atoms with Crippen LogP contribution in [0.3, 0.4) is 0 Å². The van der Waals surface area contributed by atoms with E-state index in [1.807, 2.05) is 36.4 Å². The van der Waals surface area contributed by atoms with Crippen LogP contribution >= 0.6 is 24.0 Å². The zero-order valence-corrected chi connectivity index (χ0v) is 15.8. The largest absolute Gasteiger partial charge is 0.493 e. The monoisotopic (exact) mass is 384 g/mol. The van der Waals surface area contributed by atoms with Crippen LogP contribution in [0.2, 0.25) is 0 Å². The molecular formula is C19H16N2O3S2. The van der Waals surface area contributed by atoms with Gasteiger partial charge in [0, 0.05) is 0 Å². The fourth-order valence-corrected chi connectivity index (χ4v) is 3.49. The summed E-state index contributed by atoms with van der Waals surface area (Å²) in [6.45, 7) is 0. The maximum absolute atomic E-state index is 12.6. The number of ether oxygens (including phenoxy) is 2. The molecule has 1 fully saturated rings. The van der Waals surface area contributed by atoms with E-state index >= 15 is 0 Å². The Bertz CT molecular complexity index is 895. The Morgan fingerprint density at radius 2 is 1.77 bits per heavy atom. The van der Waals surface area contributed by atoms with E-state index in [1.54, 1.807) is 38.6 Å². The molecule has 0 bridgehead atoms. The van der Waals surface area contributed by atoms with Gasteiger partial charge in [-0.2, -0.15) is 10.1 Å². The second kappa shape index (κ2) is 8.16. The number of methoxy groups -OCH3 is 2. The minimum atomic E-state index is -0.248. The van der Waals surface area contributed by atoms with Gasteiger partial charge in [-0.15, -0.1) is 0 Å². The van der Waals surface area contributed by atoms with Crippen molar-refractivity contribution >= 4 is 46.5 Å². The Kier molecular flexibility index (Phi) is 5.70. The quantitative estimate of drug-likeness (QED) is 0.444. The molecule has 0 unspecified atom stereocenters. The van der Waals surface area contributed by atoms with Gasteiger partial charge in [0.1, 0.15) is 0 Å². The second-order valence-corrected chi connectivity index (χ2v) is 6.94. The minimum absolute atomic E-state index is 0.248. The molecule has 0 N–H and O–H groups in total. The normalized spacial score (nSPS) is 15.9. The van der Waals surface area contributed by atoms with Crippen molar-refractivity contribution in [2.75, 3.05) is 14.2 Å². The van der Waals surface area contributed by atoms with E-state index in [0.29, 0.717) is 20.7 Å². The zero-order valence-electron chi connectivity index (χ0n) is 14.2. The highest BCUT2D eigenvalue weighted by molar-refractivity contribution is 8.26. The first-order chi connectivity index (χ1) is 12.6. The van der Waals surface area contributed by atoms with Crippen molar-refractivity contribution in [2.24, 2.45) is 5.10 Å². The summed E-state index contributed by atoms with van der Waals surface area (Å²) in [6.07, 6.45) is 3.38. The summed E-state index contributed by atoms with van der Waals surface area (Å²) in [5, 5.41) is 5.46. The Balaban J connectivity index is 1.82. The molecule has 1 aliphatic heterocycles. The number of thioether (sulfide) groups is 1. The molecule has 2 aromatic rings. The van der Waals surface area contributed by atoms with Gasteiger partial charge in [0.25, 0.3) is 5.91 Å². The molecule has 5 nitrogen and oxygen atoms in total. The number of hydrogen-bond donors (Lipinski definition) is 0. The van der Waals surface area contributed by atoms with Crippen LogP contribution in [-0.4, -0.2) is 35.7 Å². The first kappa shape index (κ1) is 18.2. The predicted molar refractivity (Wildman–Crippen MR) is 109 cm³/mol. The van der Waals surface area contributed by atoms with E-state index in [9.17, 15) is 4.79 Å². The first-order valence-electron chi connectivity index (χ1n) is 7.71. The van der Waals surface area contributed by atoms with Gasteiger partial charge in [-0.3, -0.25) is 4.79 Å². The number of benzene rings is 2. The predicted octanol–water partition coefficient (Wildman–Crippen LogP) is 3.94.